The predicted molar refractivity (Wildman–Crippen MR) is 96.8 cm³/mol. The normalized spacial score (nSPS) is 16.3. The zero-order chi connectivity index (χ0) is 17.4. The van der Waals surface area contributed by atoms with Crippen molar-refractivity contribution in [2.45, 2.75) is 32.7 Å². The highest BCUT2D eigenvalue weighted by Gasteiger charge is 2.23. The van der Waals surface area contributed by atoms with E-state index in [4.69, 9.17) is 9.15 Å². The number of hydrogen-bond donors (Lipinski definition) is 1. The van der Waals surface area contributed by atoms with Gasteiger partial charge in [-0.1, -0.05) is 18.2 Å². The number of rotatable bonds is 3. The monoisotopic (exact) mass is 335 g/mol. The van der Waals surface area contributed by atoms with Crippen molar-refractivity contribution in [3.05, 3.63) is 64.9 Å². The summed E-state index contributed by atoms with van der Waals surface area (Å²) in [6.07, 6.45) is 2.79. The first kappa shape index (κ1) is 15.8. The van der Waals surface area contributed by atoms with E-state index < -0.39 is 0 Å². The fourth-order valence-corrected chi connectivity index (χ4v) is 3.38. The molecule has 1 N–H and O–H groups in total. The van der Waals surface area contributed by atoms with Crippen molar-refractivity contribution in [3.63, 3.8) is 0 Å². The van der Waals surface area contributed by atoms with Gasteiger partial charge in [0.1, 0.15) is 11.3 Å². The van der Waals surface area contributed by atoms with Gasteiger partial charge in [0.05, 0.1) is 25.3 Å². The summed E-state index contributed by atoms with van der Waals surface area (Å²) in [4.78, 5) is 12.6. The first-order valence-electron chi connectivity index (χ1n) is 8.60. The highest BCUT2D eigenvalue weighted by atomic mass is 16.5. The minimum atomic E-state index is -0.000374. The lowest BCUT2D eigenvalue weighted by atomic mass is 10.00. The summed E-state index contributed by atoms with van der Waals surface area (Å²) in [6.45, 7) is 4.76. The Morgan fingerprint density at radius 1 is 1.20 bits per heavy atom. The molecule has 0 aliphatic carbocycles. The molecule has 25 heavy (non-hydrogen) atoms. The molecule has 1 aliphatic rings. The molecule has 0 bridgehead atoms. The predicted octanol–water partition coefficient (Wildman–Crippen LogP) is 4.23. The second-order valence-electron chi connectivity index (χ2n) is 6.67. The smallest absolute Gasteiger partial charge is 0.225 e. The number of carbonyl (C=O) groups is 1. The summed E-state index contributed by atoms with van der Waals surface area (Å²) in [5.41, 5.74) is 5.20. The lowest BCUT2D eigenvalue weighted by Gasteiger charge is -2.26. The van der Waals surface area contributed by atoms with Gasteiger partial charge in [-0.2, -0.15) is 0 Å². The van der Waals surface area contributed by atoms with Crippen LogP contribution in [0.5, 0.6) is 5.75 Å². The van der Waals surface area contributed by atoms with E-state index in [0.717, 1.165) is 34.3 Å². The molecule has 0 spiro atoms. The van der Waals surface area contributed by atoms with Gasteiger partial charge < -0.3 is 14.5 Å². The van der Waals surface area contributed by atoms with Crippen LogP contribution < -0.4 is 10.1 Å². The van der Waals surface area contributed by atoms with Gasteiger partial charge >= 0.3 is 0 Å². The van der Waals surface area contributed by atoms with Crippen LogP contribution in [0.3, 0.4) is 0 Å². The number of furan rings is 1. The largest absolute Gasteiger partial charge is 0.493 e. The summed E-state index contributed by atoms with van der Waals surface area (Å²) in [6, 6.07) is 12.0. The third-order valence-electron chi connectivity index (χ3n) is 4.91. The number of para-hydroxylation sites is 1. The molecule has 1 atom stereocenters. The minimum Gasteiger partial charge on any atom is -0.493 e. The maximum absolute atomic E-state index is 12.6. The SMILES string of the molecule is Cc1cc2occ(CC(=O)N[C@@H]3CCOc4ccccc43)c2cc1C. The number of fused-ring (bicyclic) bond motifs is 2. The second kappa shape index (κ2) is 6.28. The highest BCUT2D eigenvalue weighted by molar-refractivity contribution is 5.88. The zero-order valence-corrected chi connectivity index (χ0v) is 14.5. The van der Waals surface area contributed by atoms with Gasteiger partial charge in [0.2, 0.25) is 5.91 Å². The molecule has 0 radical (unpaired) electrons. The third kappa shape index (κ3) is 3.00. The molecule has 0 unspecified atom stereocenters. The number of amides is 1. The molecule has 0 saturated carbocycles. The lowest BCUT2D eigenvalue weighted by molar-refractivity contribution is -0.121. The Bertz CT molecular complexity index is 941. The van der Waals surface area contributed by atoms with Crippen molar-refractivity contribution in [2.24, 2.45) is 0 Å². The summed E-state index contributed by atoms with van der Waals surface area (Å²) in [5.74, 6) is 0.863. The van der Waals surface area contributed by atoms with Crippen LogP contribution in [0.1, 0.15) is 34.7 Å². The van der Waals surface area contributed by atoms with Crippen molar-refractivity contribution in [2.75, 3.05) is 6.61 Å². The van der Waals surface area contributed by atoms with Crippen LogP contribution >= 0.6 is 0 Å². The summed E-state index contributed by atoms with van der Waals surface area (Å²) in [5, 5.41) is 4.16. The number of carbonyl (C=O) groups excluding carboxylic acids is 1. The number of ether oxygens (including phenoxy) is 1. The standard InChI is InChI=1S/C21H21NO3/c1-13-9-17-15(12-25-20(17)10-14(13)2)11-21(23)22-18-7-8-24-19-6-4-3-5-16(18)19/h3-6,9-10,12,18H,7-8,11H2,1-2H3,(H,22,23)/t18-/m1/s1. The van der Waals surface area contributed by atoms with Gasteiger partial charge in [0.15, 0.2) is 0 Å². The number of hydrogen-bond acceptors (Lipinski definition) is 3. The summed E-state index contributed by atoms with van der Waals surface area (Å²) in [7, 11) is 0. The van der Waals surface area contributed by atoms with Gasteiger partial charge in [-0.05, 0) is 43.2 Å². The van der Waals surface area contributed by atoms with Gasteiger partial charge in [0, 0.05) is 22.9 Å². The molecule has 2 heterocycles. The molecule has 1 aromatic heterocycles. The Balaban J connectivity index is 1.53. The average molecular weight is 335 g/mol. The molecule has 1 aliphatic heterocycles. The van der Waals surface area contributed by atoms with Crippen LogP contribution in [0.2, 0.25) is 0 Å². The molecule has 0 saturated heterocycles. The first-order valence-corrected chi connectivity index (χ1v) is 8.60. The topological polar surface area (TPSA) is 51.5 Å². The Morgan fingerprint density at radius 2 is 2.00 bits per heavy atom. The Hall–Kier alpha value is -2.75. The van der Waals surface area contributed by atoms with Gasteiger partial charge in [-0.25, -0.2) is 0 Å². The van der Waals surface area contributed by atoms with E-state index in [2.05, 4.69) is 25.2 Å². The highest BCUT2D eigenvalue weighted by Crippen LogP contribution is 2.32. The molecular weight excluding hydrogens is 314 g/mol. The molecule has 4 heteroatoms. The molecule has 3 aromatic rings. The quantitative estimate of drug-likeness (QED) is 0.779. The van der Waals surface area contributed by atoms with E-state index in [1.807, 2.05) is 30.3 Å². The minimum absolute atomic E-state index is 0.000374. The second-order valence-corrected chi connectivity index (χ2v) is 6.67. The number of benzene rings is 2. The van der Waals surface area contributed by atoms with Crippen molar-refractivity contribution in [1.82, 2.24) is 5.32 Å². The van der Waals surface area contributed by atoms with E-state index in [-0.39, 0.29) is 11.9 Å². The van der Waals surface area contributed by atoms with Gasteiger partial charge in [-0.3, -0.25) is 4.79 Å². The number of aryl methyl sites for hydroxylation is 2. The molecule has 128 valence electrons. The fourth-order valence-electron chi connectivity index (χ4n) is 3.38. The fraction of sp³-hybridized carbons (Fsp3) is 0.286. The van der Waals surface area contributed by atoms with Gasteiger partial charge in [0.25, 0.3) is 0 Å². The van der Waals surface area contributed by atoms with E-state index in [1.54, 1.807) is 6.26 Å². The average Bonchev–Trinajstić information content (AvgIpc) is 2.97. The van der Waals surface area contributed by atoms with Crippen molar-refractivity contribution in [1.29, 1.82) is 0 Å². The Kier molecular flexibility index (Phi) is 3.96. The van der Waals surface area contributed by atoms with E-state index in [9.17, 15) is 4.79 Å². The molecular formula is C21H21NO3. The van der Waals surface area contributed by atoms with E-state index >= 15 is 0 Å². The van der Waals surface area contributed by atoms with Crippen molar-refractivity contribution in [3.8, 4) is 5.75 Å². The maximum Gasteiger partial charge on any atom is 0.225 e. The van der Waals surface area contributed by atoms with E-state index in [1.165, 1.54) is 11.1 Å². The Labute approximate surface area is 146 Å². The zero-order valence-electron chi connectivity index (χ0n) is 14.5. The molecule has 2 aromatic carbocycles. The van der Waals surface area contributed by atoms with Crippen LogP contribution in [0.4, 0.5) is 0 Å². The van der Waals surface area contributed by atoms with E-state index in [0.29, 0.717) is 13.0 Å². The van der Waals surface area contributed by atoms with Crippen molar-refractivity contribution >= 4 is 16.9 Å². The summed E-state index contributed by atoms with van der Waals surface area (Å²) < 4.78 is 11.3. The van der Waals surface area contributed by atoms with Gasteiger partial charge in [-0.15, -0.1) is 0 Å². The molecule has 0 fully saturated rings. The summed E-state index contributed by atoms with van der Waals surface area (Å²) >= 11 is 0. The molecule has 4 rings (SSSR count). The van der Waals surface area contributed by atoms with Crippen LogP contribution in [0.25, 0.3) is 11.0 Å². The van der Waals surface area contributed by atoms with Crippen molar-refractivity contribution < 1.29 is 13.9 Å². The molecule has 4 nitrogen and oxygen atoms in total. The van der Waals surface area contributed by atoms with Crippen LogP contribution in [0, 0.1) is 13.8 Å². The van der Waals surface area contributed by atoms with Crippen LogP contribution in [0.15, 0.2) is 47.1 Å². The first-order chi connectivity index (χ1) is 12.1. The lowest BCUT2D eigenvalue weighted by Crippen LogP contribution is -2.33. The van der Waals surface area contributed by atoms with Crippen LogP contribution in [-0.4, -0.2) is 12.5 Å². The third-order valence-corrected chi connectivity index (χ3v) is 4.91. The Morgan fingerprint density at radius 3 is 2.88 bits per heavy atom. The molecule has 1 amide bonds. The number of nitrogens with one attached hydrogen (secondary N) is 1. The maximum atomic E-state index is 12.6. The van der Waals surface area contributed by atoms with Crippen LogP contribution in [-0.2, 0) is 11.2 Å².